The first kappa shape index (κ1) is 6.51. The quantitative estimate of drug-likeness (QED) is 0.421. The summed E-state index contributed by atoms with van der Waals surface area (Å²) in [6, 6.07) is -0.505. The van der Waals surface area contributed by atoms with E-state index in [4.69, 9.17) is 10.9 Å². The standard InChI is InChI=1S/C5H10N2O2/c1-3-2-7(9)5(8)4(3)6/h3-4,9H,2,6H2,1H3/t3-,4+/m0/s1. The molecule has 9 heavy (non-hydrogen) atoms. The zero-order valence-electron chi connectivity index (χ0n) is 5.24. The molecule has 0 spiro atoms. The van der Waals surface area contributed by atoms with Gasteiger partial charge in [-0.1, -0.05) is 6.92 Å². The van der Waals surface area contributed by atoms with Crippen molar-refractivity contribution >= 4 is 5.91 Å². The van der Waals surface area contributed by atoms with Gasteiger partial charge in [-0.05, 0) is 0 Å². The number of hydroxylamine groups is 2. The zero-order valence-corrected chi connectivity index (χ0v) is 5.24. The molecule has 52 valence electrons. The predicted octanol–water partition coefficient (Wildman–Crippen LogP) is -0.819. The van der Waals surface area contributed by atoms with E-state index in [0.717, 1.165) is 0 Å². The SMILES string of the molecule is C[C@H]1CN(O)C(=O)[C@@H]1N. The first-order chi connectivity index (χ1) is 4.13. The molecular weight excluding hydrogens is 120 g/mol. The smallest absolute Gasteiger partial charge is 0.263 e. The highest BCUT2D eigenvalue weighted by atomic mass is 16.5. The normalized spacial score (nSPS) is 35.9. The number of nitrogens with two attached hydrogens (primary N) is 1. The molecule has 1 heterocycles. The summed E-state index contributed by atoms with van der Waals surface area (Å²) in [6.07, 6.45) is 0. The minimum Gasteiger partial charge on any atom is -0.320 e. The van der Waals surface area contributed by atoms with Gasteiger partial charge in [0.25, 0.3) is 5.91 Å². The maximum atomic E-state index is 10.7. The van der Waals surface area contributed by atoms with Crippen LogP contribution in [0.2, 0.25) is 0 Å². The van der Waals surface area contributed by atoms with E-state index in [2.05, 4.69) is 0 Å². The van der Waals surface area contributed by atoms with Crippen molar-refractivity contribution in [2.24, 2.45) is 11.7 Å². The fraction of sp³-hybridized carbons (Fsp3) is 0.800. The van der Waals surface area contributed by atoms with Gasteiger partial charge in [-0.2, -0.15) is 0 Å². The second-order valence-electron chi connectivity index (χ2n) is 2.42. The molecule has 1 aliphatic rings. The molecule has 0 bridgehead atoms. The highest BCUT2D eigenvalue weighted by molar-refractivity contribution is 5.82. The fourth-order valence-electron chi connectivity index (χ4n) is 0.892. The van der Waals surface area contributed by atoms with E-state index in [1.165, 1.54) is 0 Å². The van der Waals surface area contributed by atoms with Gasteiger partial charge in [0.2, 0.25) is 0 Å². The van der Waals surface area contributed by atoms with Gasteiger partial charge >= 0.3 is 0 Å². The summed E-state index contributed by atoms with van der Waals surface area (Å²) in [5.74, 6) is -0.301. The lowest BCUT2D eigenvalue weighted by atomic mass is 10.1. The first-order valence-corrected chi connectivity index (χ1v) is 2.88. The van der Waals surface area contributed by atoms with E-state index in [9.17, 15) is 4.79 Å². The molecule has 1 amide bonds. The van der Waals surface area contributed by atoms with Crippen LogP contribution >= 0.6 is 0 Å². The Labute approximate surface area is 53.2 Å². The molecule has 1 saturated heterocycles. The molecule has 0 saturated carbocycles. The number of carbonyl (C=O) groups is 1. The highest BCUT2D eigenvalue weighted by Crippen LogP contribution is 2.12. The molecule has 2 atom stereocenters. The Morgan fingerprint density at radius 1 is 1.89 bits per heavy atom. The summed E-state index contributed by atoms with van der Waals surface area (Å²) in [6.45, 7) is 2.19. The lowest BCUT2D eigenvalue weighted by Crippen LogP contribution is -2.33. The summed E-state index contributed by atoms with van der Waals surface area (Å²) < 4.78 is 0. The summed E-state index contributed by atoms with van der Waals surface area (Å²) in [5, 5.41) is 9.42. The maximum absolute atomic E-state index is 10.7. The maximum Gasteiger partial charge on any atom is 0.263 e. The van der Waals surface area contributed by atoms with Crippen LogP contribution in [0.15, 0.2) is 0 Å². The van der Waals surface area contributed by atoms with Gasteiger partial charge in [0.15, 0.2) is 0 Å². The lowest BCUT2D eigenvalue weighted by Gasteiger charge is -2.02. The molecule has 0 radical (unpaired) electrons. The topological polar surface area (TPSA) is 66.6 Å². The Kier molecular flexibility index (Phi) is 1.42. The van der Waals surface area contributed by atoms with Gasteiger partial charge in [0.05, 0.1) is 12.6 Å². The van der Waals surface area contributed by atoms with Gasteiger partial charge in [0.1, 0.15) is 0 Å². The molecule has 0 aliphatic carbocycles. The molecule has 4 heteroatoms. The van der Waals surface area contributed by atoms with Gasteiger partial charge in [0, 0.05) is 5.92 Å². The Balaban J connectivity index is 2.65. The lowest BCUT2D eigenvalue weighted by molar-refractivity contribution is -0.158. The number of carbonyl (C=O) groups excluding carboxylic acids is 1. The Bertz CT molecular complexity index is 137. The Morgan fingerprint density at radius 2 is 2.44 bits per heavy atom. The molecular formula is C5H10N2O2. The van der Waals surface area contributed by atoms with E-state index in [-0.39, 0.29) is 11.8 Å². The molecule has 0 unspecified atom stereocenters. The van der Waals surface area contributed by atoms with Crippen molar-refractivity contribution in [3.8, 4) is 0 Å². The molecule has 1 rings (SSSR count). The minimum absolute atomic E-state index is 0.0718. The van der Waals surface area contributed by atoms with Crippen molar-refractivity contribution in [3.05, 3.63) is 0 Å². The van der Waals surface area contributed by atoms with Crippen LogP contribution in [-0.4, -0.2) is 28.8 Å². The Hall–Kier alpha value is -0.610. The second kappa shape index (κ2) is 1.97. The summed E-state index contributed by atoms with van der Waals surface area (Å²) in [7, 11) is 0. The number of hydrogen-bond acceptors (Lipinski definition) is 3. The first-order valence-electron chi connectivity index (χ1n) is 2.88. The predicted molar refractivity (Wildman–Crippen MR) is 30.6 cm³/mol. The van der Waals surface area contributed by atoms with Crippen LogP contribution in [0.3, 0.4) is 0 Å². The van der Waals surface area contributed by atoms with Crippen LogP contribution in [-0.2, 0) is 4.79 Å². The van der Waals surface area contributed by atoms with Crippen molar-refractivity contribution < 1.29 is 10.0 Å². The highest BCUT2D eigenvalue weighted by Gasteiger charge is 2.33. The van der Waals surface area contributed by atoms with Gasteiger partial charge in [-0.15, -0.1) is 0 Å². The van der Waals surface area contributed by atoms with Crippen LogP contribution in [0.1, 0.15) is 6.92 Å². The van der Waals surface area contributed by atoms with E-state index < -0.39 is 6.04 Å². The van der Waals surface area contributed by atoms with E-state index >= 15 is 0 Å². The number of amides is 1. The number of nitrogens with zero attached hydrogens (tertiary/aromatic N) is 1. The largest absolute Gasteiger partial charge is 0.320 e. The number of rotatable bonds is 0. The summed E-state index contributed by atoms with van der Waals surface area (Å²) in [4.78, 5) is 10.7. The van der Waals surface area contributed by atoms with Crippen molar-refractivity contribution in [2.75, 3.05) is 6.54 Å². The molecule has 4 nitrogen and oxygen atoms in total. The van der Waals surface area contributed by atoms with Gasteiger partial charge in [-0.25, -0.2) is 5.06 Å². The van der Waals surface area contributed by atoms with Crippen LogP contribution in [0.5, 0.6) is 0 Å². The van der Waals surface area contributed by atoms with Gasteiger partial charge in [-0.3, -0.25) is 10.0 Å². The zero-order chi connectivity index (χ0) is 7.02. The van der Waals surface area contributed by atoms with E-state index in [1.54, 1.807) is 0 Å². The summed E-state index contributed by atoms with van der Waals surface area (Å²) in [5.41, 5.74) is 5.36. The molecule has 0 aromatic rings. The molecule has 1 aliphatic heterocycles. The third-order valence-electron chi connectivity index (χ3n) is 1.61. The van der Waals surface area contributed by atoms with Crippen LogP contribution in [0, 0.1) is 5.92 Å². The Morgan fingerprint density at radius 3 is 2.56 bits per heavy atom. The molecule has 0 aromatic heterocycles. The minimum atomic E-state index is -0.505. The molecule has 1 fully saturated rings. The van der Waals surface area contributed by atoms with Crippen molar-refractivity contribution in [1.82, 2.24) is 5.06 Å². The van der Waals surface area contributed by atoms with E-state index in [1.807, 2.05) is 6.92 Å². The summed E-state index contributed by atoms with van der Waals surface area (Å²) >= 11 is 0. The van der Waals surface area contributed by atoms with Crippen molar-refractivity contribution in [2.45, 2.75) is 13.0 Å². The second-order valence-corrected chi connectivity index (χ2v) is 2.42. The third-order valence-corrected chi connectivity index (χ3v) is 1.61. The average molecular weight is 130 g/mol. The van der Waals surface area contributed by atoms with Crippen LogP contribution in [0.4, 0.5) is 0 Å². The molecule has 0 aromatic carbocycles. The van der Waals surface area contributed by atoms with Crippen molar-refractivity contribution in [1.29, 1.82) is 0 Å². The fourth-order valence-corrected chi connectivity index (χ4v) is 0.892. The van der Waals surface area contributed by atoms with Crippen LogP contribution < -0.4 is 5.73 Å². The number of hydrogen-bond donors (Lipinski definition) is 2. The van der Waals surface area contributed by atoms with E-state index in [0.29, 0.717) is 11.6 Å². The third kappa shape index (κ3) is 0.906. The average Bonchev–Trinajstić information content (AvgIpc) is 1.98. The monoisotopic (exact) mass is 130 g/mol. The molecule has 3 N–H and O–H groups in total. The van der Waals surface area contributed by atoms with Crippen LogP contribution in [0.25, 0.3) is 0 Å². The van der Waals surface area contributed by atoms with Gasteiger partial charge < -0.3 is 5.73 Å². The van der Waals surface area contributed by atoms with Crippen molar-refractivity contribution in [3.63, 3.8) is 0 Å².